The molecule has 1 atom stereocenters. The maximum atomic E-state index is 3.52. The van der Waals surface area contributed by atoms with Crippen molar-refractivity contribution in [1.29, 1.82) is 0 Å². The summed E-state index contributed by atoms with van der Waals surface area (Å²) in [5.41, 5.74) is 2.91. The Morgan fingerprint density at radius 3 is 3.21 bits per heavy atom. The van der Waals surface area contributed by atoms with Gasteiger partial charge in [-0.1, -0.05) is 22.0 Å². The van der Waals surface area contributed by atoms with Crippen molar-refractivity contribution in [2.24, 2.45) is 0 Å². The van der Waals surface area contributed by atoms with E-state index in [1.807, 2.05) is 7.05 Å². The second-order valence-corrected chi connectivity index (χ2v) is 4.57. The Morgan fingerprint density at radius 1 is 1.57 bits per heavy atom. The van der Waals surface area contributed by atoms with Crippen LogP contribution in [0.25, 0.3) is 0 Å². The van der Waals surface area contributed by atoms with Crippen LogP contribution in [-0.4, -0.2) is 20.1 Å². The van der Waals surface area contributed by atoms with Gasteiger partial charge in [-0.05, 0) is 43.3 Å². The quantitative estimate of drug-likeness (QED) is 0.842. The molecule has 2 N–H and O–H groups in total. The average Bonchev–Trinajstić information content (AvgIpc) is 2.19. The van der Waals surface area contributed by atoms with Crippen LogP contribution in [0.4, 0.5) is 0 Å². The molecule has 1 aliphatic heterocycles. The van der Waals surface area contributed by atoms with Crippen molar-refractivity contribution >= 4 is 15.9 Å². The third-order valence-corrected chi connectivity index (χ3v) is 3.17. The van der Waals surface area contributed by atoms with Gasteiger partial charge in [-0.2, -0.15) is 0 Å². The molecule has 0 spiro atoms. The van der Waals surface area contributed by atoms with Gasteiger partial charge in [0.15, 0.2) is 0 Å². The minimum absolute atomic E-state index is 0.459. The SMILES string of the molecule is CNCC1NCCc2ccc(Br)cc21. The van der Waals surface area contributed by atoms with Crippen LogP contribution in [0, 0.1) is 0 Å². The zero-order chi connectivity index (χ0) is 9.97. The first-order chi connectivity index (χ1) is 6.81. The van der Waals surface area contributed by atoms with E-state index in [2.05, 4.69) is 44.8 Å². The fraction of sp³-hybridized carbons (Fsp3) is 0.455. The Kier molecular flexibility index (Phi) is 3.21. The van der Waals surface area contributed by atoms with E-state index in [1.54, 1.807) is 0 Å². The monoisotopic (exact) mass is 254 g/mol. The van der Waals surface area contributed by atoms with Crippen LogP contribution in [-0.2, 0) is 6.42 Å². The lowest BCUT2D eigenvalue weighted by molar-refractivity contribution is 0.485. The van der Waals surface area contributed by atoms with E-state index in [4.69, 9.17) is 0 Å². The first kappa shape index (κ1) is 10.1. The van der Waals surface area contributed by atoms with Gasteiger partial charge in [0.2, 0.25) is 0 Å². The van der Waals surface area contributed by atoms with Crippen LogP contribution in [0.1, 0.15) is 17.2 Å². The van der Waals surface area contributed by atoms with Crippen molar-refractivity contribution in [2.45, 2.75) is 12.5 Å². The van der Waals surface area contributed by atoms with Gasteiger partial charge in [-0.3, -0.25) is 0 Å². The molecule has 76 valence electrons. The summed E-state index contributed by atoms with van der Waals surface area (Å²) in [5, 5.41) is 6.74. The number of rotatable bonds is 2. The fourth-order valence-corrected chi connectivity index (χ4v) is 2.37. The van der Waals surface area contributed by atoms with E-state index in [1.165, 1.54) is 15.6 Å². The lowest BCUT2D eigenvalue weighted by Gasteiger charge is -2.27. The summed E-state index contributed by atoms with van der Waals surface area (Å²) in [5.74, 6) is 0. The normalized spacial score (nSPS) is 20.6. The van der Waals surface area contributed by atoms with Gasteiger partial charge >= 0.3 is 0 Å². The Labute approximate surface area is 93.2 Å². The van der Waals surface area contributed by atoms with E-state index in [9.17, 15) is 0 Å². The molecule has 0 saturated carbocycles. The van der Waals surface area contributed by atoms with Gasteiger partial charge in [0, 0.05) is 17.1 Å². The molecule has 1 heterocycles. The van der Waals surface area contributed by atoms with Gasteiger partial charge in [0.25, 0.3) is 0 Å². The largest absolute Gasteiger partial charge is 0.318 e. The Bertz CT molecular complexity index is 325. The summed E-state index contributed by atoms with van der Waals surface area (Å²) in [7, 11) is 1.99. The minimum Gasteiger partial charge on any atom is -0.318 e. The van der Waals surface area contributed by atoms with Gasteiger partial charge < -0.3 is 10.6 Å². The molecule has 0 aromatic heterocycles. The summed E-state index contributed by atoms with van der Waals surface area (Å²) >= 11 is 3.52. The topological polar surface area (TPSA) is 24.1 Å². The molecule has 0 fully saturated rings. The highest BCUT2D eigenvalue weighted by Gasteiger charge is 2.18. The van der Waals surface area contributed by atoms with Crippen molar-refractivity contribution in [3.8, 4) is 0 Å². The molecule has 1 aliphatic rings. The molecular formula is C11H15BrN2. The molecule has 14 heavy (non-hydrogen) atoms. The number of hydrogen-bond donors (Lipinski definition) is 2. The molecule has 1 unspecified atom stereocenters. The van der Waals surface area contributed by atoms with Crippen LogP contribution in [0.3, 0.4) is 0 Å². The number of fused-ring (bicyclic) bond motifs is 1. The first-order valence-corrected chi connectivity index (χ1v) is 5.77. The molecular weight excluding hydrogens is 240 g/mol. The summed E-state index contributed by atoms with van der Waals surface area (Å²) in [4.78, 5) is 0. The second kappa shape index (κ2) is 4.43. The Balaban J connectivity index is 2.32. The third kappa shape index (κ3) is 2.00. The van der Waals surface area contributed by atoms with Crippen molar-refractivity contribution in [3.05, 3.63) is 33.8 Å². The fourth-order valence-electron chi connectivity index (χ4n) is 2.00. The smallest absolute Gasteiger partial charge is 0.0449 e. The lowest BCUT2D eigenvalue weighted by Crippen LogP contribution is -2.35. The minimum atomic E-state index is 0.459. The predicted molar refractivity (Wildman–Crippen MR) is 62.5 cm³/mol. The summed E-state index contributed by atoms with van der Waals surface area (Å²) in [6.45, 7) is 2.07. The van der Waals surface area contributed by atoms with Gasteiger partial charge in [0.05, 0.1) is 0 Å². The molecule has 0 aliphatic carbocycles. The average molecular weight is 255 g/mol. The molecule has 2 rings (SSSR count). The molecule has 0 amide bonds. The standard InChI is InChI=1S/C11H15BrN2/c1-13-7-11-10-6-9(12)3-2-8(10)4-5-14-11/h2-3,6,11,13-14H,4-5,7H2,1H3. The lowest BCUT2D eigenvalue weighted by atomic mass is 9.94. The number of likely N-dealkylation sites (N-methyl/N-ethyl adjacent to an activating group) is 1. The summed E-state index contributed by atoms with van der Waals surface area (Å²) < 4.78 is 1.17. The predicted octanol–water partition coefficient (Wildman–Crippen LogP) is 1.86. The van der Waals surface area contributed by atoms with E-state index in [0.717, 1.165) is 19.5 Å². The second-order valence-electron chi connectivity index (χ2n) is 3.66. The van der Waals surface area contributed by atoms with Crippen LogP contribution >= 0.6 is 15.9 Å². The van der Waals surface area contributed by atoms with Crippen LogP contribution in [0.2, 0.25) is 0 Å². The van der Waals surface area contributed by atoms with Crippen molar-refractivity contribution < 1.29 is 0 Å². The third-order valence-electron chi connectivity index (χ3n) is 2.68. The van der Waals surface area contributed by atoms with Gasteiger partial charge in [0.1, 0.15) is 0 Å². The molecule has 2 nitrogen and oxygen atoms in total. The highest BCUT2D eigenvalue weighted by Crippen LogP contribution is 2.25. The first-order valence-electron chi connectivity index (χ1n) is 4.97. The van der Waals surface area contributed by atoms with Gasteiger partial charge in [-0.25, -0.2) is 0 Å². The highest BCUT2D eigenvalue weighted by atomic mass is 79.9. The molecule has 0 saturated heterocycles. The molecule has 0 radical (unpaired) electrons. The molecule has 3 heteroatoms. The van der Waals surface area contributed by atoms with Crippen molar-refractivity contribution in [1.82, 2.24) is 10.6 Å². The van der Waals surface area contributed by atoms with Crippen LogP contribution in [0.5, 0.6) is 0 Å². The number of hydrogen-bond acceptors (Lipinski definition) is 2. The van der Waals surface area contributed by atoms with Crippen molar-refractivity contribution in [3.63, 3.8) is 0 Å². The maximum Gasteiger partial charge on any atom is 0.0449 e. The number of halogens is 1. The zero-order valence-corrected chi connectivity index (χ0v) is 9.89. The Morgan fingerprint density at radius 2 is 2.43 bits per heavy atom. The molecule has 0 bridgehead atoms. The summed E-state index contributed by atoms with van der Waals surface area (Å²) in [6.07, 6.45) is 1.14. The maximum absolute atomic E-state index is 3.52. The number of nitrogens with one attached hydrogen (secondary N) is 2. The van der Waals surface area contributed by atoms with Gasteiger partial charge in [-0.15, -0.1) is 0 Å². The number of benzene rings is 1. The highest BCUT2D eigenvalue weighted by molar-refractivity contribution is 9.10. The molecule has 1 aromatic rings. The van der Waals surface area contributed by atoms with E-state index in [-0.39, 0.29) is 0 Å². The molecule has 1 aromatic carbocycles. The van der Waals surface area contributed by atoms with Crippen molar-refractivity contribution in [2.75, 3.05) is 20.1 Å². The Hall–Kier alpha value is -0.380. The van der Waals surface area contributed by atoms with Crippen LogP contribution in [0.15, 0.2) is 22.7 Å². The van der Waals surface area contributed by atoms with E-state index in [0.29, 0.717) is 6.04 Å². The van der Waals surface area contributed by atoms with Crippen LogP contribution < -0.4 is 10.6 Å². The summed E-state index contributed by atoms with van der Waals surface area (Å²) in [6, 6.07) is 7.04. The van der Waals surface area contributed by atoms with E-state index < -0.39 is 0 Å². The van der Waals surface area contributed by atoms with E-state index >= 15 is 0 Å². The zero-order valence-electron chi connectivity index (χ0n) is 8.31.